The Morgan fingerprint density at radius 2 is 2.00 bits per heavy atom. The molecule has 2 aromatic rings. The summed E-state index contributed by atoms with van der Waals surface area (Å²) in [6.45, 7) is 1.81. The zero-order valence-electron chi connectivity index (χ0n) is 16.9. The number of aromatic nitrogens is 1. The number of thioether (sulfide) groups is 1. The lowest BCUT2D eigenvalue weighted by Gasteiger charge is -2.16. The molecule has 1 aromatic carbocycles. The van der Waals surface area contributed by atoms with E-state index in [1.807, 2.05) is 13.0 Å². The lowest BCUT2D eigenvalue weighted by Crippen LogP contribution is -2.23. The Morgan fingerprint density at radius 1 is 1.21 bits per heavy atom. The molecule has 0 aliphatic heterocycles. The largest absolute Gasteiger partial charge is 0.497 e. The van der Waals surface area contributed by atoms with Crippen LogP contribution in [0.5, 0.6) is 11.5 Å². The summed E-state index contributed by atoms with van der Waals surface area (Å²) >= 11 is 1.31. The number of nitriles is 1. The summed E-state index contributed by atoms with van der Waals surface area (Å²) in [6.07, 6.45) is 5.33. The molecule has 7 heteroatoms. The van der Waals surface area contributed by atoms with Crippen molar-refractivity contribution in [3.05, 3.63) is 41.1 Å². The minimum atomic E-state index is -0.426. The number of benzene rings is 1. The van der Waals surface area contributed by atoms with Crippen molar-refractivity contribution >= 4 is 23.4 Å². The van der Waals surface area contributed by atoms with Crippen LogP contribution in [0.4, 0.5) is 5.69 Å². The molecular formula is C22H25N3O3S. The highest BCUT2D eigenvalue weighted by Crippen LogP contribution is 2.32. The van der Waals surface area contributed by atoms with Gasteiger partial charge in [-0.3, -0.25) is 4.79 Å². The smallest absolute Gasteiger partial charge is 0.237 e. The van der Waals surface area contributed by atoms with Gasteiger partial charge in [-0.15, -0.1) is 0 Å². The fourth-order valence-corrected chi connectivity index (χ4v) is 4.21. The van der Waals surface area contributed by atoms with Gasteiger partial charge in [-0.05, 0) is 56.4 Å². The average molecular weight is 412 g/mol. The Morgan fingerprint density at radius 3 is 2.72 bits per heavy atom. The number of pyridine rings is 1. The van der Waals surface area contributed by atoms with Crippen molar-refractivity contribution < 1.29 is 14.3 Å². The number of aryl methyl sites for hydroxylation is 2. The number of anilines is 1. The van der Waals surface area contributed by atoms with Crippen molar-refractivity contribution in [3.8, 4) is 17.6 Å². The normalized spacial score (nSPS) is 14.1. The minimum Gasteiger partial charge on any atom is -0.497 e. The molecular weight excluding hydrogens is 386 g/mol. The third-order valence-corrected chi connectivity index (χ3v) is 6.06. The van der Waals surface area contributed by atoms with E-state index in [9.17, 15) is 10.1 Å². The Bertz CT molecular complexity index is 940. The van der Waals surface area contributed by atoms with Crippen molar-refractivity contribution in [3.63, 3.8) is 0 Å². The zero-order chi connectivity index (χ0) is 20.8. The van der Waals surface area contributed by atoms with E-state index >= 15 is 0 Å². The Kier molecular flexibility index (Phi) is 6.99. The number of nitrogens with zero attached hydrogens (tertiary/aromatic N) is 2. The molecule has 0 radical (unpaired) electrons. The molecule has 1 aliphatic rings. The van der Waals surface area contributed by atoms with E-state index < -0.39 is 5.25 Å². The van der Waals surface area contributed by atoms with Crippen molar-refractivity contribution in [1.29, 1.82) is 5.26 Å². The van der Waals surface area contributed by atoms with Gasteiger partial charge in [0.05, 0.1) is 30.7 Å². The molecule has 29 heavy (non-hydrogen) atoms. The van der Waals surface area contributed by atoms with Gasteiger partial charge < -0.3 is 14.8 Å². The molecule has 1 amide bonds. The second-order valence-corrected chi connectivity index (χ2v) is 8.26. The van der Waals surface area contributed by atoms with Crippen LogP contribution in [0.1, 0.15) is 43.0 Å². The molecule has 1 N–H and O–H groups in total. The van der Waals surface area contributed by atoms with Gasteiger partial charge in [0.1, 0.15) is 22.6 Å². The van der Waals surface area contributed by atoms with Crippen LogP contribution < -0.4 is 14.8 Å². The first kappa shape index (κ1) is 21.0. The third kappa shape index (κ3) is 5.01. The van der Waals surface area contributed by atoms with Gasteiger partial charge in [-0.1, -0.05) is 18.2 Å². The molecule has 0 saturated heterocycles. The second-order valence-electron chi connectivity index (χ2n) is 6.93. The summed E-state index contributed by atoms with van der Waals surface area (Å²) in [4.78, 5) is 17.5. The highest BCUT2D eigenvalue weighted by atomic mass is 32.2. The highest BCUT2D eigenvalue weighted by Gasteiger charge is 2.21. The van der Waals surface area contributed by atoms with E-state index in [-0.39, 0.29) is 5.91 Å². The number of hydrogen-bond acceptors (Lipinski definition) is 6. The number of carbonyl (C=O) groups excluding carboxylic acids is 1. The second kappa shape index (κ2) is 9.66. The molecule has 1 aromatic heterocycles. The summed E-state index contributed by atoms with van der Waals surface area (Å²) in [7, 11) is 3.12. The van der Waals surface area contributed by atoms with Crippen LogP contribution in [0.3, 0.4) is 0 Å². The predicted octanol–water partition coefficient (Wildman–Crippen LogP) is 4.36. The molecule has 1 atom stereocenters. The van der Waals surface area contributed by atoms with E-state index in [2.05, 4.69) is 11.4 Å². The van der Waals surface area contributed by atoms with Gasteiger partial charge >= 0.3 is 0 Å². The quantitative estimate of drug-likeness (QED) is 0.562. The van der Waals surface area contributed by atoms with Crippen molar-refractivity contribution in [2.75, 3.05) is 19.5 Å². The standard InChI is InChI=1S/C22H25N3O3S/c1-14(21(26)24-19-10-9-17(27-2)12-20(19)28-3)29-22-16(13-23)11-15-7-5-4-6-8-18(15)25-22/h9-12,14H,4-8H2,1-3H3,(H,24,26). The first-order valence-corrected chi connectivity index (χ1v) is 10.6. The molecule has 6 nitrogen and oxygen atoms in total. The Balaban J connectivity index is 1.76. The van der Waals surface area contributed by atoms with Gasteiger partial charge in [-0.2, -0.15) is 5.26 Å². The number of carbonyl (C=O) groups is 1. The van der Waals surface area contributed by atoms with Crippen LogP contribution in [-0.2, 0) is 17.6 Å². The molecule has 1 aliphatic carbocycles. The monoisotopic (exact) mass is 411 g/mol. The predicted molar refractivity (Wildman–Crippen MR) is 114 cm³/mol. The Hall–Kier alpha value is -2.72. The Labute approximate surface area is 175 Å². The van der Waals surface area contributed by atoms with Crippen molar-refractivity contribution in [1.82, 2.24) is 4.98 Å². The van der Waals surface area contributed by atoms with Crippen LogP contribution in [0.2, 0.25) is 0 Å². The third-order valence-electron chi connectivity index (χ3n) is 4.96. The summed E-state index contributed by atoms with van der Waals surface area (Å²) in [5.41, 5.74) is 3.34. The van der Waals surface area contributed by atoms with E-state index in [1.54, 1.807) is 32.4 Å². The van der Waals surface area contributed by atoms with E-state index in [1.165, 1.54) is 23.7 Å². The van der Waals surface area contributed by atoms with Gasteiger partial charge in [0.25, 0.3) is 0 Å². The average Bonchev–Trinajstić information content (AvgIpc) is 2.98. The maximum Gasteiger partial charge on any atom is 0.237 e. The van der Waals surface area contributed by atoms with Crippen LogP contribution in [-0.4, -0.2) is 30.4 Å². The molecule has 152 valence electrons. The first-order valence-electron chi connectivity index (χ1n) is 9.68. The number of ether oxygens (including phenoxy) is 2. The maximum absolute atomic E-state index is 12.8. The fraction of sp³-hybridized carbons (Fsp3) is 0.409. The summed E-state index contributed by atoms with van der Waals surface area (Å²) in [5.74, 6) is 0.991. The minimum absolute atomic E-state index is 0.181. The highest BCUT2D eigenvalue weighted by molar-refractivity contribution is 8.00. The molecule has 0 saturated carbocycles. The van der Waals surface area contributed by atoms with Gasteiger partial charge in [0.15, 0.2) is 0 Å². The molecule has 0 spiro atoms. The van der Waals surface area contributed by atoms with Crippen molar-refractivity contribution in [2.45, 2.75) is 49.3 Å². The van der Waals surface area contributed by atoms with E-state index in [4.69, 9.17) is 14.5 Å². The molecule has 3 rings (SSSR count). The van der Waals surface area contributed by atoms with Crippen LogP contribution >= 0.6 is 11.8 Å². The molecule has 0 fully saturated rings. The number of amides is 1. The zero-order valence-corrected chi connectivity index (χ0v) is 17.8. The van der Waals surface area contributed by atoms with Crippen LogP contribution in [0.25, 0.3) is 0 Å². The first-order chi connectivity index (χ1) is 14.0. The molecule has 1 unspecified atom stereocenters. The number of fused-ring (bicyclic) bond motifs is 1. The number of rotatable bonds is 6. The maximum atomic E-state index is 12.8. The molecule has 1 heterocycles. The summed E-state index contributed by atoms with van der Waals surface area (Å²) in [5, 5.41) is 12.7. The lowest BCUT2D eigenvalue weighted by atomic mass is 10.1. The van der Waals surface area contributed by atoms with Crippen molar-refractivity contribution in [2.24, 2.45) is 0 Å². The van der Waals surface area contributed by atoms with Gasteiger partial charge in [0.2, 0.25) is 5.91 Å². The number of nitrogens with one attached hydrogen (secondary N) is 1. The van der Waals surface area contributed by atoms with Crippen LogP contribution in [0.15, 0.2) is 29.3 Å². The van der Waals surface area contributed by atoms with Gasteiger partial charge in [0, 0.05) is 11.8 Å². The lowest BCUT2D eigenvalue weighted by molar-refractivity contribution is -0.115. The summed E-state index contributed by atoms with van der Waals surface area (Å²) < 4.78 is 10.5. The fourth-order valence-electron chi connectivity index (χ4n) is 3.32. The molecule has 0 bridgehead atoms. The van der Waals surface area contributed by atoms with E-state index in [0.29, 0.717) is 27.8 Å². The summed E-state index contributed by atoms with van der Waals surface area (Å²) in [6, 6.07) is 9.42. The van der Waals surface area contributed by atoms with Gasteiger partial charge in [-0.25, -0.2) is 4.98 Å². The number of methoxy groups -OCH3 is 2. The number of hydrogen-bond donors (Lipinski definition) is 1. The van der Waals surface area contributed by atoms with Crippen LogP contribution in [0, 0.1) is 11.3 Å². The van der Waals surface area contributed by atoms with E-state index in [0.717, 1.165) is 31.4 Å². The SMILES string of the molecule is COc1ccc(NC(=O)C(C)Sc2nc3c(cc2C#N)CCCCC3)c(OC)c1. The topological polar surface area (TPSA) is 84.2 Å².